The van der Waals surface area contributed by atoms with Crippen LogP contribution in [-0.4, -0.2) is 11.6 Å². The monoisotopic (exact) mass is 786 g/mol. The molecule has 0 spiro atoms. The summed E-state index contributed by atoms with van der Waals surface area (Å²) in [5, 5.41) is 18.7. The van der Waals surface area contributed by atoms with E-state index in [9.17, 15) is 9.59 Å². The molecule has 0 saturated heterocycles. The van der Waals surface area contributed by atoms with Gasteiger partial charge in [0, 0.05) is 27.9 Å². The van der Waals surface area contributed by atoms with Crippen LogP contribution in [0.3, 0.4) is 0 Å². The Morgan fingerprint density at radius 3 is 1.38 bits per heavy atom. The molecule has 0 N–H and O–H groups in total. The number of rotatable bonds is 6. The lowest BCUT2D eigenvalue weighted by Gasteiger charge is -2.31. The van der Waals surface area contributed by atoms with Crippen LogP contribution >= 0.6 is 23.2 Å². The average molecular weight is 788 g/mol. The van der Waals surface area contributed by atoms with E-state index < -0.39 is 0 Å². The van der Waals surface area contributed by atoms with E-state index in [1.54, 1.807) is 24.5 Å². The summed E-state index contributed by atoms with van der Waals surface area (Å²) in [6.45, 7) is 24.5. The maximum Gasteiger partial charge on any atom is 0.186 e. The Labute approximate surface area is 342 Å². The van der Waals surface area contributed by atoms with Gasteiger partial charge in [0.25, 0.3) is 0 Å². The second-order valence-corrected chi connectivity index (χ2v) is 19.3. The van der Waals surface area contributed by atoms with Crippen molar-refractivity contribution < 1.29 is 9.59 Å². The molecule has 0 radical (unpaired) electrons. The lowest BCUT2D eigenvalue weighted by Crippen LogP contribution is -2.27. The highest BCUT2D eigenvalue weighted by Crippen LogP contribution is 2.44. The van der Waals surface area contributed by atoms with Gasteiger partial charge in [0.1, 0.15) is 5.69 Å². The minimum absolute atomic E-state index is 0.0604. The first-order valence-corrected chi connectivity index (χ1v) is 19.6. The molecule has 0 aromatic heterocycles. The molecule has 0 bridgehead atoms. The number of halogens is 2. The highest BCUT2D eigenvalue weighted by atomic mass is 35.5. The van der Waals surface area contributed by atoms with Gasteiger partial charge in [0.2, 0.25) is 0 Å². The third-order valence-corrected chi connectivity index (χ3v) is 10.2. The molecule has 0 heterocycles. The molecule has 0 aliphatic heterocycles. The number of carbonyl (C=O) groups is 2. The molecule has 3 aromatic carbocycles. The summed E-state index contributed by atoms with van der Waals surface area (Å²) in [4.78, 5) is 26.7. The van der Waals surface area contributed by atoms with Crippen molar-refractivity contribution in [2.24, 2.45) is 42.1 Å². The Bertz CT molecular complexity index is 2250. The fourth-order valence-corrected chi connectivity index (χ4v) is 6.97. The van der Waals surface area contributed by atoms with Crippen LogP contribution in [0.15, 0.2) is 151 Å². The number of allylic oxidation sites excluding steroid dienone is 10. The van der Waals surface area contributed by atoms with Crippen LogP contribution in [-0.2, 0) is 9.59 Å². The van der Waals surface area contributed by atoms with Gasteiger partial charge in [-0.1, -0.05) is 143 Å². The predicted octanol–water partition coefficient (Wildman–Crippen LogP) is 15.3. The van der Waals surface area contributed by atoms with Gasteiger partial charge in [-0.25, -0.2) is 0 Å². The van der Waals surface area contributed by atoms with Gasteiger partial charge in [-0.3, -0.25) is 9.59 Å². The predicted molar refractivity (Wildman–Crippen MR) is 233 cm³/mol. The minimum atomic E-state index is -0.332. The summed E-state index contributed by atoms with van der Waals surface area (Å²) >= 11 is 13.8. The van der Waals surface area contributed by atoms with E-state index in [4.69, 9.17) is 23.2 Å². The van der Waals surface area contributed by atoms with Crippen molar-refractivity contribution in [2.45, 2.75) is 83.1 Å². The molecule has 0 unspecified atom stereocenters. The number of azo groups is 2. The number of hydrogen-bond donors (Lipinski definition) is 0. The van der Waals surface area contributed by atoms with Crippen molar-refractivity contribution in [3.8, 4) is 22.3 Å². The standard InChI is InChI=1S/C48H52Cl2N4O2/c1-45(2,3)36-20-29(21-37(43(36)55)46(4,5)6)27-51-53-32-18-19-33(34(24-32)31-16-14-13-15-17-31)35-25-41(50)42(26-40(35)49)54-52-28-30-22-38(47(7,8)9)44(56)39(23-30)48(10,11)12/h13-28H,1-12H3/b53-51+,54-52+. The Morgan fingerprint density at radius 1 is 0.482 bits per heavy atom. The lowest BCUT2D eigenvalue weighted by molar-refractivity contribution is -0.114. The zero-order valence-corrected chi connectivity index (χ0v) is 36.1. The van der Waals surface area contributed by atoms with Gasteiger partial charge in [-0.15, -0.1) is 5.11 Å². The second kappa shape index (κ2) is 16.0. The van der Waals surface area contributed by atoms with Gasteiger partial charge in [0.15, 0.2) is 11.6 Å². The van der Waals surface area contributed by atoms with Crippen LogP contribution in [0.5, 0.6) is 0 Å². The van der Waals surface area contributed by atoms with Crippen LogP contribution in [0, 0.1) is 21.7 Å². The van der Waals surface area contributed by atoms with Crippen molar-refractivity contribution in [3.63, 3.8) is 0 Å². The molecule has 0 amide bonds. The number of Topliss-reactive ketones (excluding diaryl/α,β-unsaturated/α-hetero) is 2. The molecule has 290 valence electrons. The molecular weight excluding hydrogens is 735 g/mol. The first-order valence-electron chi connectivity index (χ1n) is 18.8. The van der Waals surface area contributed by atoms with Gasteiger partial charge >= 0.3 is 0 Å². The molecule has 2 aliphatic rings. The summed E-state index contributed by atoms with van der Waals surface area (Å²) in [5.41, 5.74) is 7.80. The SMILES string of the molecule is CC(C)(C)C1=CC(=C/N=N/c2ccc(-c3cc(Cl)c(/N=N/C=C4C=C(C(C)(C)C)C(=O)C(C(C)(C)C)=C4)cc3Cl)c(-c3ccccc3)c2)C=C(C(C)(C)C)C1=O. The van der Waals surface area contributed by atoms with E-state index in [1.807, 2.05) is 156 Å². The first kappa shape index (κ1) is 42.4. The van der Waals surface area contributed by atoms with E-state index in [-0.39, 0.29) is 33.2 Å². The number of benzene rings is 3. The van der Waals surface area contributed by atoms with E-state index in [1.165, 1.54) is 0 Å². The lowest BCUT2D eigenvalue weighted by atomic mass is 9.72. The highest BCUT2D eigenvalue weighted by Gasteiger charge is 2.35. The minimum Gasteiger partial charge on any atom is -0.289 e. The smallest absolute Gasteiger partial charge is 0.186 e. The Balaban J connectivity index is 1.50. The van der Waals surface area contributed by atoms with E-state index >= 15 is 0 Å². The fourth-order valence-electron chi connectivity index (χ4n) is 6.50. The zero-order chi connectivity index (χ0) is 41.4. The second-order valence-electron chi connectivity index (χ2n) is 18.5. The van der Waals surface area contributed by atoms with Crippen molar-refractivity contribution >= 4 is 46.1 Å². The zero-order valence-electron chi connectivity index (χ0n) is 34.6. The summed E-state index contributed by atoms with van der Waals surface area (Å²) < 4.78 is 0. The van der Waals surface area contributed by atoms with Crippen LogP contribution in [0.25, 0.3) is 22.3 Å². The van der Waals surface area contributed by atoms with E-state index in [0.29, 0.717) is 21.4 Å². The number of hydrogen-bond acceptors (Lipinski definition) is 6. The molecular formula is C48H52Cl2N4O2. The molecule has 5 rings (SSSR count). The normalized spacial score (nSPS) is 16.0. The molecule has 0 saturated carbocycles. The average Bonchev–Trinajstić information content (AvgIpc) is 3.09. The highest BCUT2D eigenvalue weighted by molar-refractivity contribution is 6.37. The van der Waals surface area contributed by atoms with Gasteiger partial charge in [0.05, 0.1) is 28.1 Å². The van der Waals surface area contributed by atoms with E-state index in [0.717, 1.165) is 55.7 Å². The Kier molecular flexibility index (Phi) is 12.1. The summed E-state index contributed by atoms with van der Waals surface area (Å²) in [5.74, 6) is 0.136. The van der Waals surface area contributed by atoms with Crippen molar-refractivity contribution in [3.05, 3.63) is 141 Å². The van der Waals surface area contributed by atoms with Crippen LogP contribution in [0.2, 0.25) is 10.0 Å². The third-order valence-electron chi connectivity index (χ3n) is 9.62. The first-order chi connectivity index (χ1) is 25.9. The molecule has 6 nitrogen and oxygen atoms in total. The van der Waals surface area contributed by atoms with Crippen LogP contribution < -0.4 is 0 Å². The topological polar surface area (TPSA) is 83.6 Å². The van der Waals surface area contributed by atoms with Crippen molar-refractivity contribution in [2.75, 3.05) is 0 Å². The van der Waals surface area contributed by atoms with Gasteiger partial charge in [-0.05, 0) is 98.1 Å². The summed E-state index contributed by atoms with van der Waals surface area (Å²) in [6, 6.07) is 19.3. The number of ketones is 2. The molecule has 56 heavy (non-hydrogen) atoms. The van der Waals surface area contributed by atoms with Gasteiger partial charge < -0.3 is 0 Å². The molecule has 0 fully saturated rings. The van der Waals surface area contributed by atoms with Crippen molar-refractivity contribution in [1.29, 1.82) is 0 Å². The Hall–Kier alpha value is -4.78. The molecule has 2 aliphatic carbocycles. The molecule has 8 heteroatoms. The number of carbonyl (C=O) groups excluding carboxylic acids is 2. The van der Waals surface area contributed by atoms with Crippen LogP contribution in [0.4, 0.5) is 11.4 Å². The summed E-state index contributed by atoms with van der Waals surface area (Å²) in [7, 11) is 0. The van der Waals surface area contributed by atoms with Crippen LogP contribution in [0.1, 0.15) is 83.1 Å². The molecule has 3 aromatic rings. The van der Waals surface area contributed by atoms with E-state index in [2.05, 4.69) is 20.5 Å². The largest absolute Gasteiger partial charge is 0.289 e. The Morgan fingerprint density at radius 2 is 0.929 bits per heavy atom. The quantitative estimate of drug-likeness (QED) is 0.233. The number of nitrogens with zero attached hydrogens (tertiary/aromatic N) is 4. The fraction of sp³-hybridized carbons (Fsp3) is 0.333. The maximum atomic E-state index is 13.4. The maximum absolute atomic E-state index is 13.4. The van der Waals surface area contributed by atoms with Crippen molar-refractivity contribution in [1.82, 2.24) is 0 Å². The summed E-state index contributed by atoms with van der Waals surface area (Å²) in [6.07, 6.45) is 11.0. The third kappa shape index (κ3) is 9.77. The van der Waals surface area contributed by atoms with Gasteiger partial charge in [-0.2, -0.15) is 15.3 Å². The molecule has 0 atom stereocenters.